The Bertz CT molecular complexity index is 728. The maximum Gasteiger partial charge on any atom is 0.238 e. The quantitative estimate of drug-likeness (QED) is 0.925. The van der Waals surface area contributed by atoms with E-state index in [4.69, 9.17) is 22.1 Å². The molecule has 1 saturated heterocycles. The molecule has 24 heavy (non-hydrogen) atoms. The van der Waals surface area contributed by atoms with E-state index in [0.717, 1.165) is 31.9 Å². The van der Waals surface area contributed by atoms with Crippen molar-refractivity contribution in [2.75, 3.05) is 36.8 Å². The summed E-state index contributed by atoms with van der Waals surface area (Å²) in [6, 6.07) is 9.34. The van der Waals surface area contributed by atoms with E-state index in [1.54, 1.807) is 13.0 Å². The van der Waals surface area contributed by atoms with Crippen LogP contribution in [0.1, 0.15) is 6.92 Å². The average Bonchev–Trinajstić information content (AvgIpc) is 2.58. The van der Waals surface area contributed by atoms with Gasteiger partial charge in [0.05, 0.1) is 11.9 Å². The van der Waals surface area contributed by atoms with Crippen molar-refractivity contribution in [3.63, 3.8) is 0 Å². The smallest absolute Gasteiger partial charge is 0.238 e. The molecule has 1 aromatic heterocycles. The van der Waals surface area contributed by atoms with Crippen LogP contribution >= 0.6 is 11.6 Å². The van der Waals surface area contributed by atoms with Crippen molar-refractivity contribution in [1.29, 1.82) is 0 Å². The minimum absolute atomic E-state index is 0.131. The number of piperazine rings is 1. The molecule has 0 saturated carbocycles. The topological polar surface area (TPSA) is 71.7 Å². The van der Waals surface area contributed by atoms with Gasteiger partial charge in [0, 0.05) is 38.8 Å². The van der Waals surface area contributed by atoms with Gasteiger partial charge in [0.1, 0.15) is 10.8 Å². The van der Waals surface area contributed by atoms with E-state index in [9.17, 15) is 4.79 Å². The maximum atomic E-state index is 11.4. The average molecular weight is 347 g/mol. The number of hydrogen-bond acceptors (Lipinski definition) is 5. The molecule has 1 fully saturated rings. The molecule has 3 rings (SSSR count). The first-order valence-corrected chi connectivity index (χ1v) is 8.10. The van der Waals surface area contributed by atoms with Crippen LogP contribution in [0.3, 0.4) is 0 Å². The van der Waals surface area contributed by atoms with Gasteiger partial charge in [0.2, 0.25) is 11.8 Å². The van der Waals surface area contributed by atoms with Crippen molar-refractivity contribution in [3.05, 3.63) is 41.6 Å². The fraction of sp³-hybridized carbons (Fsp3) is 0.294. The van der Waals surface area contributed by atoms with Crippen LogP contribution in [0.2, 0.25) is 5.02 Å². The number of hydrogen-bond donors (Lipinski definition) is 1. The summed E-state index contributed by atoms with van der Waals surface area (Å²) < 4.78 is 5.68. The zero-order valence-electron chi connectivity index (χ0n) is 13.4. The number of anilines is 2. The van der Waals surface area contributed by atoms with Gasteiger partial charge in [-0.25, -0.2) is 4.98 Å². The standard InChI is InChI=1S/C17H19ClN4O2/c1-12(23)21-6-8-22(9-7-21)14-2-4-15(5-3-14)24-17-16(18)10-13(19)11-20-17/h2-5,10-11H,6-9,19H2,1H3. The first-order valence-electron chi connectivity index (χ1n) is 7.72. The molecule has 0 spiro atoms. The number of rotatable bonds is 3. The molecule has 7 heteroatoms. The molecule has 0 bridgehead atoms. The largest absolute Gasteiger partial charge is 0.438 e. The van der Waals surface area contributed by atoms with Crippen molar-refractivity contribution >= 4 is 28.9 Å². The van der Waals surface area contributed by atoms with E-state index in [-0.39, 0.29) is 5.91 Å². The van der Waals surface area contributed by atoms with Crippen LogP contribution in [0.25, 0.3) is 0 Å². The van der Waals surface area contributed by atoms with E-state index in [1.807, 2.05) is 29.2 Å². The van der Waals surface area contributed by atoms with E-state index in [1.165, 1.54) is 6.20 Å². The Balaban J connectivity index is 1.64. The molecule has 2 aromatic rings. The molecule has 6 nitrogen and oxygen atoms in total. The highest BCUT2D eigenvalue weighted by atomic mass is 35.5. The van der Waals surface area contributed by atoms with E-state index >= 15 is 0 Å². The van der Waals surface area contributed by atoms with Crippen LogP contribution in [0.4, 0.5) is 11.4 Å². The van der Waals surface area contributed by atoms with Gasteiger partial charge in [-0.3, -0.25) is 4.79 Å². The second-order valence-corrected chi connectivity index (χ2v) is 6.05. The third-order valence-corrected chi connectivity index (χ3v) is 4.24. The highest BCUT2D eigenvalue weighted by Crippen LogP contribution is 2.29. The van der Waals surface area contributed by atoms with Gasteiger partial charge >= 0.3 is 0 Å². The molecule has 2 N–H and O–H groups in total. The lowest BCUT2D eigenvalue weighted by Crippen LogP contribution is -2.48. The summed E-state index contributed by atoms with van der Waals surface area (Å²) >= 11 is 6.06. The Morgan fingerprint density at radius 2 is 1.88 bits per heavy atom. The number of halogens is 1. The van der Waals surface area contributed by atoms with Crippen molar-refractivity contribution < 1.29 is 9.53 Å². The molecule has 2 heterocycles. The van der Waals surface area contributed by atoms with Crippen molar-refractivity contribution in [1.82, 2.24) is 9.88 Å². The van der Waals surface area contributed by atoms with Gasteiger partial charge < -0.3 is 20.3 Å². The summed E-state index contributed by atoms with van der Waals surface area (Å²) in [5.41, 5.74) is 7.21. The van der Waals surface area contributed by atoms with Crippen molar-refractivity contribution in [3.8, 4) is 11.6 Å². The molecule has 0 aliphatic carbocycles. The molecule has 0 radical (unpaired) electrons. The molecule has 0 atom stereocenters. The number of pyridine rings is 1. The first-order chi connectivity index (χ1) is 11.5. The number of aromatic nitrogens is 1. The third kappa shape index (κ3) is 3.71. The van der Waals surface area contributed by atoms with Gasteiger partial charge in [-0.05, 0) is 30.3 Å². The minimum Gasteiger partial charge on any atom is -0.438 e. The summed E-state index contributed by atoms with van der Waals surface area (Å²) in [7, 11) is 0. The second-order valence-electron chi connectivity index (χ2n) is 5.64. The zero-order chi connectivity index (χ0) is 17.1. The monoisotopic (exact) mass is 346 g/mol. The van der Waals surface area contributed by atoms with Crippen LogP contribution in [0.5, 0.6) is 11.6 Å². The molecule has 0 unspecified atom stereocenters. The summed E-state index contributed by atoms with van der Waals surface area (Å²) in [5.74, 6) is 1.11. The fourth-order valence-electron chi connectivity index (χ4n) is 2.63. The Hall–Kier alpha value is -2.47. The first kappa shape index (κ1) is 16.4. The SMILES string of the molecule is CC(=O)N1CCN(c2ccc(Oc3ncc(N)cc3Cl)cc2)CC1. The number of nitrogens with two attached hydrogens (primary N) is 1. The van der Waals surface area contributed by atoms with Gasteiger partial charge in [-0.15, -0.1) is 0 Å². The molecule has 1 amide bonds. The molecular formula is C17H19ClN4O2. The summed E-state index contributed by atoms with van der Waals surface area (Å²) in [6.45, 7) is 4.76. The normalized spacial score (nSPS) is 14.6. The predicted molar refractivity (Wildman–Crippen MR) is 94.6 cm³/mol. The molecule has 1 aliphatic rings. The zero-order valence-corrected chi connectivity index (χ0v) is 14.2. The summed E-state index contributed by atoms with van der Waals surface area (Å²) in [4.78, 5) is 19.6. The highest BCUT2D eigenvalue weighted by Gasteiger charge is 2.18. The lowest BCUT2D eigenvalue weighted by molar-refractivity contribution is -0.129. The Labute approximate surface area is 145 Å². The predicted octanol–water partition coefficient (Wildman–Crippen LogP) is 2.78. The van der Waals surface area contributed by atoms with Gasteiger partial charge in [-0.1, -0.05) is 11.6 Å². The molecular weight excluding hydrogens is 328 g/mol. The van der Waals surface area contributed by atoms with Crippen LogP contribution in [-0.2, 0) is 4.79 Å². The van der Waals surface area contributed by atoms with E-state index < -0.39 is 0 Å². The number of amides is 1. The molecule has 126 valence electrons. The number of nitrogens with zero attached hydrogens (tertiary/aromatic N) is 3. The lowest BCUT2D eigenvalue weighted by Gasteiger charge is -2.35. The number of ether oxygens (including phenoxy) is 1. The summed E-state index contributed by atoms with van der Waals surface area (Å²) in [5, 5.41) is 0.374. The maximum absolute atomic E-state index is 11.4. The van der Waals surface area contributed by atoms with E-state index in [2.05, 4.69) is 9.88 Å². The van der Waals surface area contributed by atoms with Gasteiger partial charge in [0.25, 0.3) is 0 Å². The van der Waals surface area contributed by atoms with Crippen LogP contribution < -0.4 is 15.4 Å². The van der Waals surface area contributed by atoms with Crippen molar-refractivity contribution in [2.45, 2.75) is 6.92 Å². The van der Waals surface area contributed by atoms with E-state index in [0.29, 0.717) is 22.3 Å². The van der Waals surface area contributed by atoms with Crippen molar-refractivity contribution in [2.24, 2.45) is 0 Å². The molecule has 1 aromatic carbocycles. The van der Waals surface area contributed by atoms with Crippen LogP contribution in [0.15, 0.2) is 36.5 Å². The lowest BCUT2D eigenvalue weighted by atomic mass is 10.2. The van der Waals surface area contributed by atoms with Gasteiger partial charge in [-0.2, -0.15) is 0 Å². The number of benzene rings is 1. The van der Waals surface area contributed by atoms with Crippen LogP contribution in [-0.4, -0.2) is 42.0 Å². The Morgan fingerprint density at radius 3 is 2.46 bits per heavy atom. The number of carbonyl (C=O) groups excluding carboxylic acids is 1. The third-order valence-electron chi connectivity index (χ3n) is 3.97. The number of carbonyl (C=O) groups is 1. The van der Waals surface area contributed by atoms with Crippen LogP contribution in [0, 0.1) is 0 Å². The minimum atomic E-state index is 0.131. The summed E-state index contributed by atoms with van der Waals surface area (Å²) in [6.07, 6.45) is 1.50. The van der Waals surface area contributed by atoms with Gasteiger partial charge in [0.15, 0.2) is 0 Å². The molecule has 1 aliphatic heterocycles. The fourth-order valence-corrected chi connectivity index (χ4v) is 2.84. The Morgan fingerprint density at radius 1 is 1.21 bits per heavy atom. The number of nitrogen functional groups attached to an aromatic ring is 1. The highest BCUT2D eigenvalue weighted by molar-refractivity contribution is 6.32. The second kappa shape index (κ2) is 6.97. The Kier molecular flexibility index (Phi) is 4.76.